The van der Waals surface area contributed by atoms with Gasteiger partial charge in [-0.1, -0.05) is 17.7 Å². The number of nitrogens with one attached hydrogen (secondary N) is 2. The molecule has 0 bridgehead atoms. The fourth-order valence-corrected chi connectivity index (χ4v) is 2.31. The first-order valence-corrected chi connectivity index (χ1v) is 7.74. The van der Waals surface area contributed by atoms with Gasteiger partial charge in [0.25, 0.3) is 0 Å². The van der Waals surface area contributed by atoms with E-state index in [2.05, 4.69) is 10.6 Å². The van der Waals surface area contributed by atoms with Crippen LogP contribution >= 0.6 is 11.6 Å². The highest BCUT2D eigenvalue weighted by molar-refractivity contribution is 6.31. The van der Waals surface area contributed by atoms with Crippen LogP contribution in [0.3, 0.4) is 0 Å². The number of carbonyl (C=O) groups is 1. The number of amides is 1. The number of nitrogens with zero attached hydrogens (tertiary/aromatic N) is 1. The Morgan fingerprint density at radius 2 is 2.08 bits per heavy atom. The number of anilines is 2. The van der Waals surface area contributed by atoms with Gasteiger partial charge in [-0.15, -0.1) is 0 Å². The van der Waals surface area contributed by atoms with Crippen LogP contribution in [0, 0.1) is 18.3 Å². The van der Waals surface area contributed by atoms with Crippen molar-refractivity contribution in [2.75, 3.05) is 17.7 Å². The predicted molar refractivity (Wildman–Crippen MR) is 95.6 cm³/mol. The van der Waals surface area contributed by atoms with E-state index in [0.717, 1.165) is 5.56 Å². The second-order valence-electron chi connectivity index (χ2n) is 5.35. The molecule has 0 unspecified atom stereocenters. The SMILES string of the molecule is COc1cc(Cl)c(C)cc1N[C@@H](C)C(=O)Nc1cccc(C#N)c1. The maximum Gasteiger partial charge on any atom is 0.246 e. The minimum atomic E-state index is -0.509. The van der Waals surface area contributed by atoms with Crippen molar-refractivity contribution in [3.05, 3.63) is 52.5 Å². The van der Waals surface area contributed by atoms with Gasteiger partial charge in [0.2, 0.25) is 5.91 Å². The lowest BCUT2D eigenvalue weighted by Crippen LogP contribution is -2.32. The summed E-state index contributed by atoms with van der Waals surface area (Å²) < 4.78 is 5.30. The second-order valence-corrected chi connectivity index (χ2v) is 5.76. The molecule has 5 nitrogen and oxygen atoms in total. The first-order valence-electron chi connectivity index (χ1n) is 7.36. The maximum absolute atomic E-state index is 12.3. The van der Waals surface area contributed by atoms with Gasteiger partial charge in [-0.25, -0.2) is 0 Å². The molecule has 6 heteroatoms. The molecule has 0 radical (unpaired) electrons. The zero-order valence-corrected chi connectivity index (χ0v) is 14.4. The summed E-state index contributed by atoms with van der Waals surface area (Å²) in [5.74, 6) is 0.344. The lowest BCUT2D eigenvalue weighted by atomic mass is 10.1. The summed E-state index contributed by atoms with van der Waals surface area (Å²) >= 11 is 6.09. The van der Waals surface area contributed by atoms with Crippen LogP contribution in [0.2, 0.25) is 5.02 Å². The van der Waals surface area contributed by atoms with Crippen molar-refractivity contribution in [3.8, 4) is 11.8 Å². The molecule has 0 spiro atoms. The first-order chi connectivity index (χ1) is 11.4. The third-order valence-electron chi connectivity index (χ3n) is 3.51. The molecule has 0 saturated carbocycles. The van der Waals surface area contributed by atoms with Crippen LogP contribution in [0.25, 0.3) is 0 Å². The lowest BCUT2D eigenvalue weighted by molar-refractivity contribution is -0.116. The molecule has 2 aromatic carbocycles. The minimum Gasteiger partial charge on any atom is -0.495 e. The Balaban J connectivity index is 2.12. The Morgan fingerprint density at radius 1 is 1.33 bits per heavy atom. The third kappa shape index (κ3) is 4.18. The number of carbonyl (C=O) groups excluding carboxylic acids is 1. The van der Waals surface area contributed by atoms with Gasteiger partial charge in [0, 0.05) is 16.8 Å². The van der Waals surface area contributed by atoms with Crippen LogP contribution in [0.4, 0.5) is 11.4 Å². The van der Waals surface area contributed by atoms with Crippen molar-refractivity contribution in [2.24, 2.45) is 0 Å². The summed E-state index contributed by atoms with van der Waals surface area (Å²) in [6, 6.07) is 11.8. The molecular formula is C18H18ClN3O2. The van der Waals surface area contributed by atoms with E-state index in [4.69, 9.17) is 21.6 Å². The number of methoxy groups -OCH3 is 1. The summed E-state index contributed by atoms with van der Waals surface area (Å²) in [7, 11) is 1.55. The Labute approximate surface area is 146 Å². The lowest BCUT2D eigenvalue weighted by Gasteiger charge is -2.18. The van der Waals surface area contributed by atoms with Crippen molar-refractivity contribution in [1.29, 1.82) is 5.26 Å². The molecule has 24 heavy (non-hydrogen) atoms. The summed E-state index contributed by atoms with van der Waals surface area (Å²) in [5, 5.41) is 15.4. The third-order valence-corrected chi connectivity index (χ3v) is 3.91. The van der Waals surface area contributed by atoms with Crippen LogP contribution < -0.4 is 15.4 Å². The molecular weight excluding hydrogens is 326 g/mol. The van der Waals surface area contributed by atoms with Crippen LogP contribution in [-0.4, -0.2) is 19.1 Å². The van der Waals surface area contributed by atoms with Crippen molar-refractivity contribution in [2.45, 2.75) is 19.9 Å². The van der Waals surface area contributed by atoms with Crippen molar-refractivity contribution in [1.82, 2.24) is 0 Å². The van der Waals surface area contributed by atoms with Gasteiger partial charge >= 0.3 is 0 Å². The van der Waals surface area contributed by atoms with Crippen LogP contribution in [-0.2, 0) is 4.79 Å². The Bertz CT molecular complexity index is 799. The fraction of sp³-hybridized carbons (Fsp3) is 0.222. The minimum absolute atomic E-state index is 0.222. The molecule has 1 amide bonds. The summed E-state index contributed by atoms with van der Waals surface area (Å²) in [5.41, 5.74) is 2.64. The smallest absolute Gasteiger partial charge is 0.246 e. The van der Waals surface area contributed by atoms with Gasteiger partial charge in [-0.05, 0) is 43.7 Å². The number of hydrogen-bond donors (Lipinski definition) is 2. The topological polar surface area (TPSA) is 74.2 Å². The predicted octanol–water partition coefficient (Wildman–Crippen LogP) is 3.97. The zero-order chi connectivity index (χ0) is 17.7. The molecule has 0 saturated heterocycles. The maximum atomic E-state index is 12.3. The molecule has 124 valence electrons. The first kappa shape index (κ1) is 17.6. The molecule has 0 heterocycles. The number of ether oxygens (including phenoxy) is 1. The van der Waals surface area contributed by atoms with Crippen LogP contribution in [0.5, 0.6) is 5.75 Å². The van der Waals surface area contributed by atoms with Crippen molar-refractivity contribution in [3.63, 3.8) is 0 Å². The Hall–Kier alpha value is -2.71. The van der Waals surface area contributed by atoms with Gasteiger partial charge in [-0.2, -0.15) is 5.26 Å². The van der Waals surface area contributed by atoms with Crippen LogP contribution in [0.15, 0.2) is 36.4 Å². The van der Waals surface area contributed by atoms with E-state index in [1.165, 1.54) is 0 Å². The van der Waals surface area contributed by atoms with E-state index in [-0.39, 0.29) is 5.91 Å². The molecule has 0 aliphatic carbocycles. The summed E-state index contributed by atoms with van der Waals surface area (Å²) in [4.78, 5) is 12.3. The number of aryl methyl sites for hydroxylation is 1. The van der Waals surface area contributed by atoms with E-state index < -0.39 is 6.04 Å². The van der Waals surface area contributed by atoms with Gasteiger partial charge in [0.05, 0.1) is 24.4 Å². The normalized spacial score (nSPS) is 11.3. The monoisotopic (exact) mass is 343 g/mol. The number of halogens is 1. The Kier molecular flexibility index (Phi) is 5.67. The molecule has 2 N–H and O–H groups in total. The molecule has 0 aliphatic heterocycles. The van der Waals surface area contributed by atoms with Gasteiger partial charge in [0.15, 0.2) is 0 Å². The Morgan fingerprint density at radius 3 is 2.75 bits per heavy atom. The fourth-order valence-electron chi connectivity index (χ4n) is 2.16. The van der Waals surface area contributed by atoms with Crippen LogP contribution in [0.1, 0.15) is 18.1 Å². The molecule has 0 aliphatic rings. The average Bonchev–Trinajstić information content (AvgIpc) is 2.57. The zero-order valence-electron chi connectivity index (χ0n) is 13.7. The number of rotatable bonds is 5. The van der Waals surface area contributed by atoms with Gasteiger partial charge in [-0.3, -0.25) is 4.79 Å². The van der Waals surface area contributed by atoms with E-state index in [1.54, 1.807) is 44.4 Å². The average molecular weight is 344 g/mol. The highest BCUT2D eigenvalue weighted by Crippen LogP contribution is 2.31. The number of nitriles is 1. The molecule has 1 atom stereocenters. The molecule has 2 aromatic rings. The van der Waals surface area contributed by atoms with Gasteiger partial charge < -0.3 is 15.4 Å². The number of benzene rings is 2. The largest absolute Gasteiger partial charge is 0.495 e. The quantitative estimate of drug-likeness (QED) is 0.861. The van der Waals surface area contributed by atoms with E-state index in [0.29, 0.717) is 27.7 Å². The molecule has 0 fully saturated rings. The molecule has 0 aromatic heterocycles. The van der Waals surface area contributed by atoms with E-state index >= 15 is 0 Å². The molecule has 2 rings (SSSR count). The van der Waals surface area contributed by atoms with E-state index in [1.807, 2.05) is 19.1 Å². The highest BCUT2D eigenvalue weighted by atomic mass is 35.5. The van der Waals surface area contributed by atoms with Gasteiger partial charge in [0.1, 0.15) is 11.8 Å². The standard InChI is InChI=1S/C18H18ClN3O2/c1-11-7-16(17(24-3)9-15(11)19)21-12(2)18(23)22-14-6-4-5-13(8-14)10-20/h4-9,12,21H,1-3H3,(H,22,23)/t12-/m0/s1. The highest BCUT2D eigenvalue weighted by Gasteiger charge is 2.16. The summed E-state index contributed by atoms with van der Waals surface area (Å²) in [6.07, 6.45) is 0. The summed E-state index contributed by atoms with van der Waals surface area (Å²) in [6.45, 7) is 3.62. The van der Waals surface area contributed by atoms with Crippen molar-refractivity contribution >= 4 is 28.9 Å². The van der Waals surface area contributed by atoms with Crippen molar-refractivity contribution < 1.29 is 9.53 Å². The number of hydrogen-bond acceptors (Lipinski definition) is 4. The van der Waals surface area contributed by atoms with E-state index in [9.17, 15) is 4.79 Å². The second kappa shape index (κ2) is 7.71.